The first kappa shape index (κ1) is 19.8. The van der Waals surface area contributed by atoms with Crippen LogP contribution < -0.4 is 0 Å². The SMILES string of the molecule is FC(F)(F)c1ccc(Cc2ccc3ccc(C#CCc4ccccc4)cc3c2)cc1. The number of hydrogen-bond donors (Lipinski definition) is 0. The Labute approximate surface area is 174 Å². The van der Waals surface area contributed by atoms with Crippen LogP contribution in [0, 0.1) is 11.8 Å². The Morgan fingerprint density at radius 3 is 2.07 bits per heavy atom. The second-order valence-corrected chi connectivity index (χ2v) is 7.23. The van der Waals surface area contributed by atoms with E-state index in [0.29, 0.717) is 12.8 Å². The maximum atomic E-state index is 12.7. The standard InChI is InChI=1S/C27H19F3/c28-27(29,30)26-15-11-22(12-16-26)17-23-10-14-24-13-9-21(18-25(24)19-23)8-4-7-20-5-2-1-3-6-20/h1-3,5-6,9-16,18-19H,7,17H2. The van der Waals surface area contributed by atoms with E-state index in [0.717, 1.165) is 39.6 Å². The van der Waals surface area contributed by atoms with Gasteiger partial charge in [0.25, 0.3) is 0 Å². The average Bonchev–Trinajstić information content (AvgIpc) is 2.74. The fourth-order valence-corrected chi connectivity index (χ4v) is 3.38. The summed E-state index contributed by atoms with van der Waals surface area (Å²) in [5.74, 6) is 6.43. The van der Waals surface area contributed by atoms with Crippen LogP contribution in [-0.4, -0.2) is 0 Å². The summed E-state index contributed by atoms with van der Waals surface area (Å²) in [6.45, 7) is 0. The van der Waals surface area contributed by atoms with Gasteiger partial charge in [-0.3, -0.25) is 0 Å². The van der Waals surface area contributed by atoms with Gasteiger partial charge in [0.2, 0.25) is 0 Å². The Morgan fingerprint density at radius 2 is 1.33 bits per heavy atom. The molecule has 0 N–H and O–H groups in total. The number of fused-ring (bicyclic) bond motifs is 1. The zero-order valence-electron chi connectivity index (χ0n) is 16.2. The molecule has 0 atom stereocenters. The minimum Gasteiger partial charge on any atom is -0.166 e. The second kappa shape index (κ2) is 8.47. The van der Waals surface area contributed by atoms with Gasteiger partial charge in [-0.2, -0.15) is 13.2 Å². The van der Waals surface area contributed by atoms with Crippen LogP contribution in [-0.2, 0) is 19.0 Å². The van der Waals surface area contributed by atoms with Crippen molar-refractivity contribution in [2.75, 3.05) is 0 Å². The van der Waals surface area contributed by atoms with Crippen molar-refractivity contribution < 1.29 is 13.2 Å². The van der Waals surface area contributed by atoms with Crippen LogP contribution in [0.3, 0.4) is 0 Å². The molecular weight excluding hydrogens is 381 g/mol. The molecular formula is C27H19F3. The molecule has 0 spiro atoms. The van der Waals surface area contributed by atoms with E-state index in [2.05, 4.69) is 36.1 Å². The molecule has 0 fully saturated rings. The highest BCUT2D eigenvalue weighted by molar-refractivity contribution is 5.84. The number of halogens is 3. The van der Waals surface area contributed by atoms with Crippen LogP contribution in [0.5, 0.6) is 0 Å². The predicted molar refractivity (Wildman–Crippen MR) is 115 cm³/mol. The lowest BCUT2D eigenvalue weighted by molar-refractivity contribution is -0.137. The van der Waals surface area contributed by atoms with Crippen molar-refractivity contribution in [1.29, 1.82) is 0 Å². The van der Waals surface area contributed by atoms with E-state index in [1.807, 2.05) is 42.5 Å². The summed E-state index contributed by atoms with van der Waals surface area (Å²) in [6, 6.07) is 27.7. The molecule has 0 radical (unpaired) electrons. The highest BCUT2D eigenvalue weighted by Gasteiger charge is 2.29. The summed E-state index contributed by atoms with van der Waals surface area (Å²) in [6.07, 6.45) is -3.02. The Bertz CT molecular complexity index is 1210. The molecule has 30 heavy (non-hydrogen) atoms. The van der Waals surface area contributed by atoms with Crippen molar-refractivity contribution in [2.45, 2.75) is 19.0 Å². The maximum Gasteiger partial charge on any atom is 0.416 e. The van der Waals surface area contributed by atoms with Crippen molar-refractivity contribution in [3.05, 3.63) is 119 Å². The number of benzene rings is 4. The van der Waals surface area contributed by atoms with Gasteiger partial charge in [0.05, 0.1) is 5.56 Å². The molecule has 0 aromatic heterocycles. The molecule has 0 amide bonds. The van der Waals surface area contributed by atoms with Crippen molar-refractivity contribution in [3.8, 4) is 11.8 Å². The lowest BCUT2D eigenvalue weighted by atomic mass is 9.99. The van der Waals surface area contributed by atoms with Gasteiger partial charge in [0.1, 0.15) is 0 Å². The van der Waals surface area contributed by atoms with Gasteiger partial charge in [0.15, 0.2) is 0 Å². The van der Waals surface area contributed by atoms with Crippen molar-refractivity contribution in [3.63, 3.8) is 0 Å². The third-order valence-corrected chi connectivity index (χ3v) is 4.96. The van der Waals surface area contributed by atoms with E-state index in [-0.39, 0.29) is 0 Å². The first-order valence-electron chi connectivity index (χ1n) is 9.69. The van der Waals surface area contributed by atoms with Crippen LogP contribution in [0.4, 0.5) is 13.2 Å². The molecule has 4 aromatic rings. The lowest BCUT2D eigenvalue weighted by Gasteiger charge is -2.08. The molecule has 0 saturated carbocycles. The molecule has 3 heteroatoms. The Morgan fingerprint density at radius 1 is 0.633 bits per heavy atom. The van der Waals surface area contributed by atoms with E-state index >= 15 is 0 Å². The van der Waals surface area contributed by atoms with Crippen molar-refractivity contribution in [2.24, 2.45) is 0 Å². The van der Waals surface area contributed by atoms with Gasteiger partial charge >= 0.3 is 6.18 Å². The molecule has 4 rings (SSSR count). The Kier molecular flexibility index (Phi) is 5.59. The summed E-state index contributed by atoms with van der Waals surface area (Å²) in [7, 11) is 0. The third kappa shape index (κ3) is 4.90. The van der Waals surface area contributed by atoms with E-state index in [9.17, 15) is 13.2 Å². The monoisotopic (exact) mass is 400 g/mol. The van der Waals surface area contributed by atoms with Gasteiger partial charge < -0.3 is 0 Å². The summed E-state index contributed by atoms with van der Waals surface area (Å²) in [4.78, 5) is 0. The largest absolute Gasteiger partial charge is 0.416 e. The van der Waals surface area contributed by atoms with Crippen molar-refractivity contribution in [1.82, 2.24) is 0 Å². The zero-order valence-corrected chi connectivity index (χ0v) is 16.2. The Balaban J connectivity index is 1.52. The first-order chi connectivity index (χ1) is 14.5. The number of rotatable bonds is 3. The highest BCUT2D eigenvalue weighted by atomic mass is 19.4. The van der Waals surface area contributed by atoms with Crippen LogP contribution in [0.15, 0.2) is 91.0 Å². The average molecular weight is 400 g/mol. The fraction of sp³-hybridized carbons (Fsp3) is 0.111. The number of alkyl halides is 3. The van der Waals surface area contributed by atoms with Gasteiger partial charge in [0, 0.05) is 12.0 Å². The molecule has 0 saturated heterocycles. The molecule has 0 aliphatic carbocycles. The smallest absolute Gasteiger partial charge is 0.166 e. The summed E-state index contributed by atoms with van der Waals surface area (Å²) in [5, 5.41) is 2.19. The topological polar surface area (TPSA) is 0 Å². The normalized spacial score (nSPS) is 11.2. The Hall–Kier alpha value is -3.51. The molecule has 0 heterocycles. The molecule has 4 aromatic carbocycles. The zero-order chi connectivity index (χ0) is 21.0. The van der Waals surface area contributed by atoms with Crippen LogP contribution >= 0.6 is 0 Å². The van der Waals surface area contributed by atoms with E-state index in [1.165, 1.54) is 5.56 Å². The van der Waals surface area contributed by atoms with Crippen LogP contribution in [0.2, 0.25) is 0 Å². The minimum absolute atomic E-state index is 0.581. The van der Waals surface area contributed by atoms with Gasteiger partial charge in [-0.25, -0.2) is 0 Å². The van der Waals surface area contributed by atoms with Crippen molar-refractivity contribution >= 4 is 10.8 Å². The lowest BCUT2D eigenvalue weighted by Crippen LogP contribution is -2.04. The molecule has 0 nitrogen and oxygen atoms in total. The van der Waals surface area contributed by atoms with Crippen LogP contribution in [0.25, 0.3) is 10.8 Å². The molecule has 148 valence electrons. The second-order valence-electron chi connectivity index (χ2n) is 7.23. The highest BCUT2D eigenvalue weighted by Crippen LogP contribution is 2.29. The van der Waals surface area contributed by atoms with Gasteiger partial charge in [-0.1, -0.05) is 78.6 Å². The maximum absolute atomic E-state index is 12.7. The van der Waals surface area contributed by atoms with E-state index in [4.69, 9.17) is 0 Å². The predicted octanol–water partition coefficient (Wildman–Crippen LogP) is 7.04. The minimum atomic E-state index is -4.31. The molecule has 0 bridgehead atoms. The summed E-state index contributed by atoms with van der Waals surface area (Å²) < 4.78 is 38.2. The molecule has 0 aliphatic heterocycles. The van der Waals surface area contributed by atoms with Gasteiger partial charge in [-0.05, 0) is 58.1 Å². The summed E-state index contributed by atoms with van der Waals surface area (Å²) >= 11 is 0. The quantitative estimate of drug-likeness (QED) is 0.324. The van der Waals surface area contributed by atoms with E-state index < -0.39 is 11.7 Å². The molecule has 0 aliphatic rings. The first-order valence-corrected chi connectivity index (χ1v) is 9.69. The van der Waals surface area contributed by atoms with Gasteiger partial charge in [-0.15, -0.1) is 0 Å². The van der Waals surface area contributed by atoms with E-state index in [1.54, 1.807) is 12.1 Å². The number of hydrogen-bond acceptors (Lipinski definition) is 0. The fourth-order valence-electron chi connectivity index (χ4n) is 3.38. The third-order valence-electron chi connectivity index (χ3n) is 4.96. The molecule has 0 unspecified atom stereocenters. The summed E-state index contributed by atoms with van der Waals surface area (Å²) in [5.41, 5.74) is 3.41. The van der Waals surface area contributed by atoms with Crippen LogP contribution in [0.1, 0.15) is 27.8 Å².